The first kappa shape index (κ1) is 22.3. The van der Waals surface area contributed by atoms with Crippen molar-refractivity contribution in [3.05, 3.63) is 83.4 Å². The maximum atomic E-state index is 13.6. The highest BCUT2D eigenvalue weighted by Crippen LogP contribution is 2.38. The van der Waals surface area contributed by atoms with Crippen LogP contribution in [0.3, 0.4) is 0 Å². The van der Waals surface area contributed by atoms with Gasteiger partial charge in [0.2, 0.25) is 26.6 Å². The van der Waals surface area contributed by atoms with Gasteiger partial charge in [0.25, 0.3) is 0 Å². The summed E-state index contributed by atoms with van der Waals surface area (Å²) in [6.45, 7) is 1.22. The number of hydrogen-bond donors (Lipinski definition) is 1. The number of hydrogen-bond acceptors (Lipinski definition) is 7. The van der Waals surface area contributed by atoms with Gasteiger partial charge in [-0.15, -0.1) is 0 Å². The molecule has 174 valence electrons. The maximum absolute atomic E-state index is 13.6. The van der Waals surface area contributed by atoms with Crippen LogP contribution in [0.4, 0.5) is 5.88 Å². The summed E-state index contributed by atoms with van der Waals surface area (Å²) >= 11 is 6.32. The van der Waals surface area contributed by atoms with Gasteiger partial charge in [-0.05, 0) is 36.2 Å². The Kier molecular flexibility index (Phi) is 6.17. The number of fused-ring (bicyclic) bond motifs is 1. The maximum Gasteiger partial charge on any atom is 0.233 e. The van der Waals surface area contributed by atoms with Gasteiger partial charge in [0.1, 0.15) is 13.2 Å². The Morgan fingerprint density at radius 2 is 1.65 bits per heavy atom. The van der Waals surface area contributed by atoms with Crippen molar-refractivity contribution in [1.29, 1.82) is 0 Å². The first-order valence-corrected chi connectivity index (χ1v) is 12.6. The fourth-order valence-electron chi connectivity index (χ4n) is 3.62. The molecule has 4 aromatic rings. The van der Waals surface area contributed by atoms with Crippen LogP contribution in [0.2, 0.25) is 5.02 Å². The highest BCUT2D eigenvalue weighted by Gasteiger charge is 2.30. The standard InChI is InChI=1S/C25H21ClN2O5S/c26-20-9-5-4-8-19(20)23-28-25(24(33-23)27-13-12-17-6-2-1-3-7-17)34(29,30)18-10-11-21-22(16-18)32-15-14-31-21/h1-11,16,27H,12-15H2. The first-order valence-electron chi connectivity index (χ1n) is 10.7. The summed E-state index contributed by atoms with van der Waals surface area (Å²) < 4.78 is 44.2. The number of nitrogens with zero attached hydrogens (tertiary/aromatic N) is 1. The molecule has 5 rings (SSSR count). The van der Waals surface area contributed by atoms with Crippen molar-refractivity contribution in [1.82, 2.24) is 4.98 Å². The van der Waals surface area contributed by atoms with Crippen molar-refractivity contribution in [2.75, 3.05) is 25.1 Å². The molecule has 1 aromatic heterocycles. The lowest BCUT2D eigenvalue weighted by molar-refractivity contribution is 0.171. The number of rotatable bonds is 7. The van der Waals surface area contributed by atoms with E-state index in [9.17, 15) is 8.42 Å². The minimum atomic E-state index is -4.04. The monoisotopic (exact) mass is 496 g/mol. The van der Waals surface area contributed by atoms with E-state index >= 15 is 0 Å². The van der Waals surface area contributed by atoms with Crippen LogP contribution >= 0.6 is 11.6 Å². The molecule has 2 heterocycles. The third-order valence-corrected chi connectivity index (χ3v) is 7.31. The molecule has 0 bridgehead atoms. The predicted octanol–water partition coefficient (Wildman–Crippen LogP) is 5.25. The zero-order valence-electron chi connectivity index (χ0n) is 18.0. The Bertz CT molecular complexity index is 1420. The molecule has 0 atom stereocenters. The lowest BCUT2D eigenvalue weighted by Gasteiger charge is -2.18. The number of benzene rings is 3. The van der Waals surface area contributed by atoms with Gasteiger partial charge in [0.15, 0.2) is 11.5 Å². The molecule has 0 radical (unpaired) electrons. The fourth-order valence-corrected chi connectivity index (χ4v) is 5.13. The SMILES string of the molecule is O=S(=O)(c1ccc2c(c1)OCCO2)c1nc(-c2ccccc2Cl)oc1NCCc1ccccc1. The second-order valence-corrected chi connectivity index (χ2v) is 9.88. The molecule has 0 saturated carbocycles. The molecular weight excluding hydrogens is 476 g/mol. The van der Waals surface area contributed by atoms with E-state index in [4.69, 9.17) is 25.5 Å². The third-order valence-electron chi connectivity index (χ3n) is 5.32. The van der Waals surface area contributed by atoms with Crippen LogP contribution < -0.4 is 14.8 Å². The summed E-state index contributed by atoms with van der Waals surface area (Å²) in [6, 6.07) is 21.3. The van der Waals surface area contributed by atoms with Crippen LogP contribution in [0.5, 0.6) is 11.5 Å². The van der Waals surface area contributed by atoms with Crippen molar-refractivity contribution in [2.24, 2.45) is 0 Å². The van der Waals surface area contributed by atoms with Crippen LogP contribution in [0.25, 0.3) is 11.5 Å². The van der Waals surface area contributed by atoms with Crippen LogP contribution in [-0.2, 0) is 16.3 Å². The summed E-state index contributed by atoms with van der Waals surface area (Å²) in [4.78, 5) is 4.38. The predicted molar refractivity (Wildman–Crippen MR) is 128 cm³/mol. The van der Waals surface area contributed by atoms with E-state index in [1.807, 2.05) is 30.3 Å². The van der Waals surface area contributed by atoms with Gasteiger partial charge in [-0.2, -0.15) is 4.98 Å². The highest BCUT2D eigenvalue weighted by atomic mass is 35.5. The Balaban J connectivity index is 1.52. The van der Waals surface area contributed by atoms with Crippen molar-refractivity contribution in [2.45, 2.75) is 16.3 Å². The van der Waals surface area contributed by atoms with Gasteiger partial charge in [-0.1, -0.05) is 54.1 Å². The Hall–Kier alpha value is -3.49. The molecule has 34 heavy (non-hydrogen) atoms. The number of aromatic nitrogens is 1. The molecule has 0 unspecified atom stereocenters. The average molecular weight is 497 g/mol. The van der Waals surface area contributed by atoms with Gasteiger partial charge in [0, 0.05) is 12.6 Å². The van der Waals surface area contributed by atoms with Crippen molar-refractivity contribution in [3.8, 4) is 23.0 Å². The molecule has 1 aliphatic heterocycles. The smallest absolute Gasteiger partial charge is 0.233 e. The third kappa shape index (κ3) is 4.47. The number of anilines is 1. The van der Waals surface area contributed by atoms with Gasteiger partial charge in [0.05, 0.1) is 15.5 Å². The van der Waals surface area contributed by atoms with Crippen molar-refractivity contribution < 1.29 is 22.3 Å². The van der Waals surface area contributed by atoms with Crippen LogP contribution in [0.15, 0.2) is 87.1 Å². The average Bonchev–Trinajstić information content (AvgIpc) is 3.29. The lowest BCUT2D eigenvalue weighted by Crippen LogP contribution is -2.16. The van der Waals surface area contributed by atoms with Crippen LogP contribution in [0, 0.1) is 0 Å². The van der Waals surface area contributed by atoms with Gasteiger partial charge < -0.3 is 19.2 Å². The summed E-state index contributed by atoms with van der Waals surface area (Å²) in [6.07, 6.45) is 0.673. The summed E-state index contributed by atoms with van der Waals surface area (Å²) in [5.41, 5.74) is 1.61. The second kappa shape index (κ2) is 9.40. The van der Waals surface area contributed by atoms with Gasteiger partial charge in [-0.25, -0.2) is 8.42 Å². The summed E-state index contributed by atoms with van der Waals surface area (Å²) in [5.74, 6) is 1.05. The van der Waals surface area contributed by atoms with E-state index in [-0.39, 0.29) is 21.7 Å². The van der Waals surface area contributed by atoms with Gasteiger partial charge in [-0.3, -0.25) is 0 Å². The molecule has 3 aromatic carbocycles. The Labute approximate surface area is 202 Å². The quantitative estimate of drug-likeness (QED) is 0.373. The van der Waals surface area contributed by atoms with E-state index in [1.165, 1.54) is 12.1 Å². The lowest BCUT2D eigenvalue weighted by atomic mass is 10.1. The van der Waals surface area contributed by atoms with Crippen LogP contribution in [0.1, 0.15) is 5.56 Å². The fraction of sp³-hybridized carbons (Fsp3) is 0.160. The second-order valence-electron chi connectivity index (χ2n) is 7.60. The molecule has 1 N–H and O–H groups in total. The topological polar surface area (TPSA) is 90.7 Å². The number of oxazole rings is 1. The number of nitrogens with one attached hydrogen (secondary N) is 1. The zero-order valence-corrected chi connectivity index (χ0v) is 19.6. The molecular formula is C25H21ClN2O5S. The van der Waals surface area contributed by atoms with E-state index < -0.39 is 9.84 Å². The van der Waals surface area contributed by atoms with Crippen LogP contribution in [-0.4, -0.2) is 33.2 Å². The number of halogens is 1. The molecule has 1 aliphatic rings. The first-order chi connectivity index (χ1) is 16.5. The Morgan fingerprint density at radius 1 is 0.912 bits per heavy atom. The van der Waals surface area contributed by atoms with E-state index in [1.54, 1.807) is 30.3 Å². The molecule has 0 amide bonds. The zero-order chi connectivity index (χ0) is 23.5. The molecule has 0 spiro atoms. The summed E-state index contributed by atoms with van der Waals surface area (Å²) in [5, 5.41) is 3.29. The minimum absolute atomic E-state index is 0.0295. The van der Waals surface area contributed by atoms with E-state index in [0.29, 0.717) is 48.3 Å². The van der Waals surface area contributed by atoms with E-state index in [2.05, 4.69) is 10.3 Å². The Morgan fingerprint density at radius 3 is 2.44 bits per heavy atom. The van der Waals surface area contributed by atoms with Gasteiger partial charge >= 0.3 is 0 Å². The normalized spacial score (nSPS) is 13.0. The largest absolute Gasteiger partial charge is 0.486 e. The molecule has 9 heteroatoms. The molecule has 0 fully saturated rings. The molecule has 0 saturated heterocycles. The molecule has 7 nitrogen and oxygen atoms in total. The summed E-state index contributed by atoms with van der Waals surface area (Å²) in [7, 11) is -4.04. The number of ether oxygens (including phenoxy) is 2. The van der Waals surface area contributed by atoms with E-state index in [0.717, 1.165) is 5.56 Å². The minimum Gasteiger partial charge on any atom is -0.486 e. The molecule has 0 aliphatic carbocycles. The van der Waals surface area contributed by atoms with Crippen molar-refractivity contribution in [3.63, 3.8) is 0 Å². The number of sulfone groups is 1. The highest BCUT2D eigenvalue weighted by molar-refractivity contribution is 7.91. The van der Waals surface area contributed by atoms with Crippen molar-refractivity contribution >= 4 is 27.3 Å².